The fraction of sp³-hybridized carbons (Fsp3) is 0.286. The van der Waals surface area contributed by atoms with Crippen LogP contribution in [0.5, 0.6) is 0 Å². The lowest BCUT2D eigenvalue weighted by Crippen LogP contribution is -2.44. The first kappa shape index (κ1) is 23.8. The number of hydrogen-bond acceptors (Lipinski definition) is 3. The van der Waals surface area contributed by atoms with Gasteiger partial charge in [-0.3, -0.25) is 9.59 Å². The van der Waals surface area contributed by atoms with Crippen LogP contribution in [0.3, 0.4) is 0 Å². The molecule has 176 valence electrons. The first-order valence-corrected chi connectivity index (χ1v) is 11.9. The molecule has 5 nitrogen and oxygen atoms in total. The van der Waals surface area contributed by atoms with Crippen molar-refractivity contribution >= 4 is 34.8 Å². The molecule has 1 aliphatic heterocycles. The monoisotopic (exact) mass is 475 g/mol. The average molecular weight is 476 g/mol. The lowest BCUT2D eigenvalue weighted by Gasteiger charge is -2.27. The maximum absolute atomic E-state index is 13.2. The topological polar surface area (TPSA) is 61.4 Å². The molecule has 4 rings (SSSR count). The van der Waals surface area contributed by atoms with E-state index in [1.807, 2.05) is 75.5 Å². The standard InChI is InChI=1S/C28H30ClN3O2/c1-18-12-13-19(2)27-26(18)24(28(34)31-27)16-25(33)30-22(14-20-8-5-4-6-9-20)17-32(3)23-11-7-10-21(29)15-23/h4-13,15,22,24H,14,16-17H2,1-3H3,(H,30,33)(H,31,34)/t22-,24?/m0/s1. The summed E-state index contributed by atoms with van der Waals surface area (Å²) in [6.45, 7) is 4.57. The van der Waals surface area contributed by atoms with E-state index in [0.717, 1.165) is 33.6 Å². The first-order chi connectivity index (χ1) is 16.3. The van der Waals surface area contributed by atoms with Crippen LogP contribution in [0.4, 0.5) is 11.4 Å². The summed E-state index contributed by atoms with van der Waals surface area (Å²) in [6, 6.07) is 21.6. The summed E-state index contributed by atoms with van der Waals surface area (Å²) in [4.78, 5) is 28.0. The summed E-state index contributed by atoms with van der Waals surface area (Å²) < 4.78 is 0. The summed E-state index contributed by atoms with van der Waals surface area (Å²) in [7, 11) is 1.99. The van der Waals surface area contributed by atoms with Crippen LogP contribution in [-0.4, -0.2) is 31.4 Å². The van der Waals surface area contributed by atoms with E-state index < -0.39 is 5.92 Å². The van der Waals surface area contributed by atoms with Gasteiger partial charge in [-0.15, -0.1) is 0 Å². The molecule has 3 aromatic carbocycles. The zero-order valence-corrected chi connectivity index (χ0v) is 20.5. The highest BCUT2D eigenvalue weighted by Gasteiger charge is 2.35. The minimum Gasteiger partial charge on any atom is -0.372 e. The summed E-state index contributed by atoms with van der Waals surface area (Å²) >= 11 is 6.18. The Morgan fingerprint density at radius 1 is 1.06 bits per heavy atom. The van der Waals surface area contributed by atoms with Gasteiger partial charge in [-0.1, -0.05) is 60.1 Å². The van der Waals surface area contributed by atoms with Gasteiger partial charge < -0.3 is 15.5 Å². The third-order valence-corrected chi connectivity index (χ3v) is 6.64. The van der Waals surface area contributed by atoms with Crippen LogP contribution in [0.15, 0.2) is 66.7 Å². The van der Waals surface area contributed by atoms with Crippen molar-refractivity contribution in [1.29, 1.82) is 0 Å². The van der Waals surface area contributed by atoms with Gasteiger partial charge in [-0.2, -0.15) is 0 Å². The van der Waals surface area contributed by atoms with E-state index in [0.29, 0.717) is 18.0 Å². The highest BCUT2D eigenvalue weighted by Crippen LogP contribution is 2.39. The van der Waals surface area contributed by atoms with Gasteiger partial charge in [0.1, 0.15) is 0 Å². The minimum atomic E-state index is -0.474. The van der Waals surface area contributed by atoms with Crippen LogP contribution in [-0.2, 0) is 16.0 Å². The number of halogens is 1. The maximum atomic E-state index is 13.2. The van der Waals surface area contributed by atoms with Crippen molar-refractivity contribution in [3.05, 3.63) is 94.0 Å². The zero-order chi connectivity index (χ0) is 24.2. The number of fused-ring (bicyclic) bond motifs is 1. The van der Waals surface area contributed by atoms with Crippen molar-refractivity contribution in [3.63, 3.8) is 0 Å². The van der Waals surface area contributed by atoms with Crippen LogP contribution < -0.4 is 15.5 Å². The van der Waals surface area contributed by atoms with Gasteiger partial charge in [0.15, 0.2) is 0 Å². The second kappa shape index (κ2) is 10.3. The molecule has 0 saturated heterocycles. The zero-order valence-electron chi connectivity index (χ0n) is 19.8. The lowest BCUT2D eigenvalue weighted by atomic mass is 9.91. The van der Waals surface area contributed by atoms with E-state index in [9.17, 15) is 9.59 Å². The Labute approximate surface area is 206 Å². The second-order valence-corrected chi connectivity index (χ2v) is 9.48. The van der Waals surface area contributed by atoms with Gasteiger partial charge in [-0.05, 0) is 60.7 Å². The van der Waals surface area contributed by atoms with Gasteiger partial charge >= 0.3 is 0 Å². The molecule has 1 heterocycles. The van der Waals surface area contributed by atoms with Gasteiger partial charge in [-0.25, -0.2) is 0 Å². The summed E-state index contributed by atoms with van der Waals surface area (Å²) in [6.07, 6.45) is 0.804. The normalized spacial score (nSPS) is 15.4. The molecule has 2 amide bonds. The first-order valence-electron chi connectivity index (χ1n) is 11.5. The highest BCUT2D eigenvalue weighted by molar-refractivity contribution is 6.30. The smallest absolute Gasteiger partial charge is 0.232 e. The number of likely N-dealkylation sites (N-methyl/N-ethyl adjacent to an activating group) is 1. The molecular weight excluding hydrogens is 446 g/mol. The number of anilines is 2. The molecular formula is C28H30ClN3O2. The summed E-state index contributed by atoms with van der Waals surface area (Å²) in [5.74, 6) is -0.717. The fourth-order valence-electron chi connectivity index (χ4n) is 4.67. The van der Waals surface area contributed by atoms with Crippen LogP contribution in [0.25, 0.3) is 0 Å². The number of nitrogens with one attached hydrogen (secondary N) is 2. The number of carbonyl (C=O) groups excluding carboxylic acids is 2. The number of carbonyl (C=O) groups is 2. The van der Waals surface area contributed by atoms with E-state index in [1.165, 1.54) is 0 Å². The Bertz CT molecular complexity index is 1200. The quantitative estimate of drug-likeness (QED) is 0.468. The largest absolute Gasteiger partial charge is 0.372 e. The molecule has 2 atom stereocenters. The van der Waals surface area contributed by atoms with E-state index >= 15 is 0 Å². The molecule has 0 saturated carbocycles. The van der Waals surface area contributed by atoms with Crippen molar-refractivity contribution in [2.45, 2.75) is 38.6 Å². The fourth-order valence-corrected chi connectivity index (χ4v) is 4.85. The van der Waals surface area contributed by atoms with Gasteiger partial charge in [0.05, 0.1) is 12.0 Å². The summed E-state index contributed by atoms with van der Waals surface area (Å²) in [5, 5.41) is 6.84. The molecule has 0 aromatic heterocycles. The van der Waals surface area contributed by atoms with Crippen LogP contribution in [0.2, 0.25) is 5.02 Å². The molecule has 0 fully saturated rings. The van der Waals surface area contributed by atoms with Crippen molar-refractivity contribution < 1.29 is 9.59 Å². The number of hydrogen-bond donors (Lipinski definition) is 2. The molecule has 34 heavy (non-hydrogen) atoms. The van der Waals surface area contributed by atoms with Crippen molar-refractivity contribution in [2.24, 2.45) is 0 Å². The van der Waals surface area contributed by atoms with Crippen LogP contribution in [0.1, 0.15) is 34.6 Å². The third-order valence-electron chi connectivity index (χ3n) is 6.41. The van der Waals surface area contributed by atoms with Gasteiger partial charge in [0, 0.05) is 36.4 Å². The summed E-state index contributed by atoms with van der Waals surface area (Å²) in [5.41, 5.74) is 5.96. The third kappa shape index (κ3) is 5.42. The molecule has 3 aromatic rings. The second-order valence-electron chi connectivity index (χ2n) is 9.05. The van der Waals surface area contributed by atoms with E-state index in [4.69, 9.17) is 11.6 Å². The molecule has 1 unspecified atom stereocenters. The molecule has 0 bridgehead atoms. The number of rotatable bonds is 8. The maximum Gasteiger partial charge on any atom is 0.232 e. The lowest BCUT2D eigenvalue weighted by molar-refractivity contribution is -0.125. The predicted octanol–water partition coefficient (Wildman–Crippen LogP) is 5.25. The Balaban J connectivity index is 1.50. The van der Waals surface area contributed by atoms with Crippen molar-refractivity contribution in [1.82, 2.24) is 5.32 Å². The van der Waals surface area contributed by atoms with Gasteiger partial charge in [0.2, 0.25) is 11.8 Å². The van der Waals surface area contributed by atoms with E-state index in [-0.39, 0.29) is 24.3 Å². The Hall–Kier alpha value is -3.31. The SMILES string of the molecule is Cc1ccc(C)c2c1NC(=O)C2CC(=O)N[C@@H](Cc1ccccc1)CN(C)c1cccc(Cl)c1. The minimum absolute atomic E-state index is 0.113. The van der Waals surface area contributed by atoms with Gasteiger partial charge in [0.25, 0.3) is 0 Å². The van der Waals surface area contributed by atoms with Crippen LogP contribution >= 0.6 is 11.6 Å². The molecule has 0 spiro atoms. The molecule has 2 N–H and O–H groups in total. The van der Waals surface area contributed by atoms with Crippen molar-refractivity contribution in [2.75, 3.05) is 23.8 Å². The number of amides is 2. The average Bonchev–Trinajstić information content (AvgIpc) is 3.14. The molecule has 6 heteroatoms. The number of benzene rings is 3. The molecule has 0 radical (unpaired) electrons. The number of nitrogens with zero attached hydrogens (tertiary/aromatic N) is 1. The molecule has 1 aliphatic rings. The Morgan fingerprint density at radius 3 is 2.53 bits per heavy atom. The van der Waals surface area contributed by atoms with Crippen molar-refractivity contribution in [3.8, 4) is 0 Å². The molecule has 0 aliphatic carbocycles. The Morgan fingerprint density at radius 2 is 1.79 bits per heavy atom. The van der Waals surface area contributed by atoms with E-state index in [1.54, 1.807) is 0 Å². The van der Waals surface area contributed by atoms with E-state index in [2.05, 4.69) is 27.7 Å². The number of aryl methyl sites for hydroxylation is 2. The Kier molecular flexibility index (Phi) is 7.23. The highest BCUT2D eigenvalue weighted by atomic mass is 35.5. The predicted molar refractivity (Wildman–Crippen MR) is 139 cm³/mol. The van der Waals surface area contributed by atoms with Crippen LogP contribution in [0, 0.1) is 13.8 Å².